The van der Waals surface area contributed by atoms with Crippen LogP contribution in [-0.2, 0) is 0 Å². The Morgan fingerprint density at radius 3 is 2.94 bits per heavy atom. The molecule has 3 atom stereocenters. The zero-order valence-electron chi connectivity index (χ0n) is 11.1. The summed E-state index contributed by atoms with van der Waals surface area (Å²) in [6, 6.07) is 0. The zero-order valence-corrected chi connectivity index (χ0v) is 11.1. The lowest BCUT2D eigenvalue weighted by molar-refractivity contribution is 0.348. The van der Waals surface area contributed by atoms with E-state index >= 15 is 0 Å². The summed E-state index contributed by atoms with van der Waals surface area (Å²) in [6.45, 7) is 8.41. The van der Waals surface area contributed by atoms with Crippen LogP contribution in [-0.4, -0.2) is 23.2 Å². The molecule has 1 saturated carbocycles. The van der Waals surface area contributed by atoms with Crippen LogP contribution in [0.5, 0.6) is 0 Å². The van der Waals surface area contributed by atoms with E-state index in [1.165, 1.54) is 19.3 Å². The molecular formula is C13H23N3O. The molecule has 0 aromatic carbocycles. The van der Waals surface area contributed by atoms with Gasteiger partial charge in [0, 0.05) is 18.4 Å². The lowest BCUT2D eigenvalue weighted by atomic mass is 10.1. The van der Waals surface area contributed by atoms with Crippen LogP contribution in [0.4, 0.5) is 0 Å². The predicted octanol–water partition coefficient (Wildman–Crippen LogP) is 2.69. The van der Waals surface area contributed by atoms with Crippen LogP contribution in [0, 0.1) is 5.92 Å². The van der Waals surface area contributed by atoms with E-state index in [1.807, 2.05) is 0 Å². The lowest BCUT2D eigenvalue weighted by Crippen LogP contribution is -2.19. The molecule has 4 nitrogen and oxygen atoms in total. The molecule has 1 fully saturated rings. The van der Waals surface area contributed by atoms with Gasteiger partial charge in [-0.2, -0.15) is 4.98 Å². The molecular weight excluding hydrogens is 214 g/mol. The summed E-state index contributed by atoms with van der Waals surface area (Å²) >= 11 is 0. The van der Waals surface area contributed by atoms with Gasteiger partial charge in [0.05, 0.1) is 0 Å². The minimum absolute atomic E-state index is 0.301. The lowest BCUT2D eigenvalue weighted by Gasteiger charge is -2.06. The fourth-order valence-electron chi connectivity index (χ4n) is 2.50. The van der Waals surface area contributed by atoms with Crippen LogP contribution >= 0.6 is 0 Å². The molecule has 0 radical (unpaired) electrons. The van der Waals surface area contributed by atoms with E-state index in [2.05, 4.69) is 36.2 Å². The zero-order chi connectivity index (χ0) is 12.3. The summed E-state index contributed by atoms with van der Waals surface area (Å²) in [4.78, 5) is 4.56. The highest BCUT2D eigenvalue weighted by Gasteiger charge is 2.27. The molecule has 0 saturated heterocycles. The van der Waals surface area contributed by atoms with Crippen molar-refractivity contribution in [2.75, 3.05) is 13.1 Å². The van der Waals surface area contributed by atoms with Gasteiger partial charge in [-0.25, -0.2) is 0 Å². The second-order valence-electron chi connectivity index (χ2n) is 5.31. The van der Waals surface area contributed by atoms with E-state index in [4.69, 9.17) is 4.52 Å². The fourth-order valence-corrected chi connectivity index (χ4v) is 2.50. The van der Waals surface area contributed by atoms with Crippen molar-refractivity contribution in [3.8, 4) is 0 Å². The van der Waals surface area contributed by atoms with E-state index in [0.717, 1.165) is 30.7 Å². The Labute approximate surface area is 103 Å². The Bertz CT molecular complexity index is 350. The number of nitrogens with zero attached hydrogens (tertiary/aromatic N) is 2. The summed E-state index contributed by atoms with van der Waals surface area (Å²) in [5.74, 6) is 3.33. The molecule has 1 aliphatic rings. The van der Waals surface area contributed by atoms with Crippen molar-refractivity contribution in [1.29, 1.82) is 0 Å². The van der Waals surface area contributed by atoms with Crippen LogP contribution in [0.25, 0.3) is 0 Å². The highest BCUT2D eigenvalue weighted by molar-refractivity contribution is 5.01. The monoisotopic (exact) mass is 237 g/mol. The van der Waals surface area contributed by atoms with E-state index in [1.54, 1.807) is 0 Å². The summed E-state index contributed by atoms with van der Waals surface area (Å²) in [5, 5.41) is 7.45. The molecule has 0 aliphatic heterocycles. The van der Waals surface area contributed by atoms with Gasteiger partial charge in [0.2, 0.25) is 5.89 Å². The minimum Gasteiger partial charge on any atom is -0.339 e. The first-order valence-electron chi connectivity index (χ1n) is 6.75. The Hall–Kier alpha value is -0.900. The molecule has 1 aliphatic carbocycles. The molecule has 17 heavy (non-hydrogen) atoms. The summed E-state index contributed by atoms with van der Waals surface area (Å²) in [5.41, 5.74) is 0. The first kappa shape index (κ1) is 12.6. The maximum absolute atomic E-state index is 5.37. The van der Waals surface area contributed by atoms with Crippen molar-refractivity contribution in [3.05, 3.63) is 11.7 Å². The van der Waals surface area contributed by atoms with Gasteiger partial charge in [-0.1, -0.05) is 25.9 Å². The molecule has 0 bridgehead atoms. The summed E-state index contributed by atoms with van der Waals surface area (Å²) < 4.78 is 5.37. The Balaban J connectivity index is 1.95. The van der Waals surface area contributed by atoms with Crippen molar-refractivity contribution >= 4 is 0 Å². The normalized spacial score (nSPS) is 26.3. The second-order valence-corrected chi connectivity index (χ2v) is 5.31. The average molecular weight is 237 g/mol. The molecule has 2 rings (SSSR count). The van der Waals surface area contributed by atoms with Crippen molar-refractivity contribution in [1.82, 2.24) is 15.5 Å². The Morgan fingerprint density at radius 2 is 2.29 bits per heavy atom. The van der Waals surface area contributed by atoms with Crippen LogP contribution in [0.1, 0.15) is 63.6 Å². The maximum Gasteiger partial charge on any atom is 0.230 e. The van der Waals surface area contributed by atoms with Gasteiger partial charge in [0.15, 0.2) is 5.82 Å². The highest BCUT2D eigenvalue weighted by Crippen LogP contribution is 2.36. The molecule has 1 aromatic heterocycles. The van der Waals surface area contributed by atoms with Crippen LogP contribution in [0.15, 0.2) is 4.52 Å². The number of hydrogen-bond donors (Lipinski definition) is 1. The van der Waals surface area contributed by atoms with Gasteiger partial charge in [-0.3, -0.25) is 0 Å². The first-order chi connectivity index (χ1) is 8.20. The standard InChI is InChI=1S/C13H23N3O/c1-4-14-8-10(3)13-15-12(16-17-13)11-6-5-9(2)7-11/h9-11,14H,4-8H2,1-3H3. The average Bonchev–Trinajstić information content (AvgIpc) is 2.93. The molecule has 1 aromatic rings. The third-order valence-corrected chi connectivity index (χ3v) is 3.64. The van der Waals surface area contributed by atoms with Crippen molar-refractivity contribution in [2.24, 2.45) is 5.92 Å². The fraction of sp³-hybridized carbons (Fsp3) is 0.846. The van der Waals surface area contributed by atoms with Crippen LogP contribution in [0.2, 0.25) is 0 Å². The van der Waals surface area contributed by atoms with Gasteiger partial charge in [0.25, 0.3) is 0 Å². The van der Waals surface area contributed by atoms with E-state index < -0.39 is 0 Å². The van der Waals surface area contributed by atoms with E-state index in [-0.39, 0.29) is 0 Å². The van der Waals surface area contributed by atoms with Gasteiger partial charge in [0.1, 0.15) is 0 Å². The molecule has 4 heteroatoms. The van der Waals surface area contributed by atoms with Crippen molar-refractivity contribution in [2.45, 2.75) is 51.9 Å². The summed E-state index contributed by atoms with van der Waals surface area (Å²) in [6.07, 6.45) is 3.71. The number of nitrogens with one attached hydrogen (secondary N) is 1. The third kappa shape index (κ3) is 3.06. The molecule has 0 spiro atoms. The van der Waals surface area contributed by atoms with E-state index in [9.17, 15) is 0 Å². The molecule has 1 heterocycles. The smallest absolute Gasteiger partial charge is 0.230 e. The number of hydrogen-bond acceptors (Lipinski definition) is 4. The number of likely N-dealkylation sites (N-methyl/N-ethyl adjacent to an activating group) is 1. The van der Waals surface area contributed by atoms with Crippen LogP contribution < -0.4 is 5.32 Å². The predicted molar refractivity (Wildman–Crippen MR) is 67.0 cm³/mol. The topological polar surface area (TPSA) is 51.0 Å². The maximum atomic E-state index is 5.37. The second kappa shape index (κ2) is 5.63. The minimum atomic E-state index is 0.301. The third-order valence-electron chi connectivity index (χ3n) is 3.64. The van der Waals surface area contributed by atoms with Crippen molar-refractivity contribution < 1.29 is 4.52 Å². The molecule has 1 N–H and O–H groups in total. The number of rotatable bonds is 5. The largest absolute Gasteiger partial charge is 0.339 e. The summed E-state index contributed by atoms with van der Waals surface area (Å²) in [7, 11) is 0. The molecule has 96 valence electrons. The Kier molecular flexibility index (Phi) is 4.15. The van der Waals surface area contributed by atoms with Gasteiger partial charge in [-0.05, 0) is 31.7 Å². The highest BCUT2D eigenvalue weighted by atomic mass is 16.5. The van der Waals surface area contributed by atoms with Crippen LogP contribution in [0.3, 0.4) is 0 Å². The quantitative estimate of drug-likeness (QED) is 0.855. The SMILES string of the molecule is CCNCC(C)c1nc(C2CCC(C)C2)no1. The molecule has 0 amide bonds. The van der Waals surface area contributed by atoms with Gasteiger partial charge in [-0.15, -0.1) is 0 Å². The first-order valence-corrected chi connectivity index (χ1v) is 6.75. The molecule has 3 unspecified atom stereocenters. The van der Waals surface area contributed by atoms with Crippen molar-refractivity contribution in [3.63, 3.8) is 0 Å². The number of aromatic nitrogens is 2. The van der Waals surface area contributed by atoms with Gasteiger partial charge >= 0.3 is 0 Å². The Morgan fingerprint density at radius 1 is 1.47 bits per heavy atom. The van der Waals surface area contributed by atoms with Gasteiger partial charge < -0.3 is 9.84 Å². The van der Waals surface area contributed by atoms with E-state index in [0.29, 0.717) is 11.8 Å².